The third-order valence-corrected chi connectivity index (χ3v) is 25.2. The van der Waals surface area contributed by atoms with Crippen molar-refractivity contribution < 1.29 is 0 Å². The summed E-state index contributed by atoms with van der Waals surface area (Å²) < 4.78 is 0. The molecule has 0 amide bonds. The summed E-state index contributed by atoms with van der Waals surface area (Å²) in [5.74, 6) is 0. The van der Waals surface area contributed by atoms with E-state index in [1.54, 1.807) is 0 Å². The summed E-state index contributed by atoms with van der Waals surface area (Å²) in [7, 11) is 0. The first-order valence-corrected chi connectivity index (χ1v) is 41.7. The predicted octanol–water partition coefficient (Wildman–Crippen LogP) is 33.9. The molecule has 0 aliphatic carbocycles. The molecule has 0 aliphatic heterocycles. The normalized spacial score (nSPS) is 11.7. The highest BCUT2D eigenvalue weighted by molar-refractivity contribution is 6.30. The predicted molar refractivity (Wildman–Crippen MR) is 517 cm³/mol. The minimum atomic E-state index is 1.20. The standard InChI is InChI=1S/2C60H38/c1-3-15-39(16-4-1)46-35-47(40-17-5-2-6-18-40)37-48(36-46)42-29-27-41-28-30-43(34-45(41)33-42)59-54-23-11-13-25-56(54)60(57-26-14-12-24-55(57)59)44-31-32-53-51-21-8-7-19-49(51)50-20-9-10-22-52(50)58(53)38-44;1-2-12-39(13-3-1)40-22-24-41(25-23-40)42-26-28-43(29-27-42)45-32-30-44-31-33-46(37-48(44)36-45)59-54-18-8-10-20-56(54)60(57-21-11-9-19-55(57)59)47-34-35-53-51-16-5-4-14-49(51)50-15-6-7-17-52(50)58(53)38-47/h2*1-38H. The quantitative estimate of drug-likeness (QED) is 0.0946. The molecular weight excluding hydrogens is 1440 g/mol. The van der Waals surface area contributed by atoms with Crippen molar-refractivity contribution in [2.75, 3.05) is 0 Å². The molecule has 0 N–H and O–H groups in total. The lowest BCUT2D eigenvalue weighted by Gasteiger charge is -2.19. The van der Waals surface area contributed by atoms with Crippen LogP contribution in [0.25, 0.3) is 241 Å². The lowest BCUT2D eigenvalue weighted by molar-refractivity contribution is 1.57. The van der Waals surface area contributed by atoms with Crippen LogP contribution in [-0.4, -0.2) is 0 Å². The Hall–Kier alpha value is -15.6. The highest BCUT2D eigenvalue weighted by atomic mass is 14.3. The monoisotopic (exact) mass is 1520 g/mol. The van der Waals surface area contributed by atoms with E-state index in [1.165, 1.54) is 241 Å². The van der Waals surface area contributed by atoms with E-state index in [9.17, 15) is 0 Å². The van der Waals surface area contributed by atoms with Crippen LogP contribution in [0.1, 0.15) is 0 Å². The molecule has 0 spiro atoms. The number of hydrogen-bond acceptors (Lipinski definition) is 0. The van der Waals surface area contributed by atoms with E-state index in [2.05, 4.69) is 461 Å². The Balaban J connectivity index is 0.000000140. The second kappa shape index (κ2) is 29.3. The molecule has 556 valence electrons. The van der Waals surface area contributed by atoms with Crippen molar-refractivity contribution in [1.82, 2.24) is 0 Å². The third-order valence-electron chi connectivity index (χ3n) is 25.2. The van der Waals surface area contributed by atoms with Crippen molar-refractivity contribution in [3.8, 4) is 111 Å². The van der Waals surface area contributed by atoms with Crippen molar-refractivity contribution in [3.05, 3.63) is 461 Å². The van der Waals surface area contributed by atoms with Crippen molar-refractivity contribution in [1.29, 1.82) is 0 Å². The van der Waals surface area contributed by atoms with Crippen LogP contribution in [0, 0.1) is 0 Å². The fourth-order valence-electron chi connectivity index (χ4n) is 19.5. The molecule has 0 fully saturated rings. The molecule has 0 bridgehead atoms. The van der Waals surface area contributed by atoms with Gasteiger partial charge in [-0.05, 0) is 295 Å². The van der Waals surface area contributed by atoms with Gasteiger partial charge in [0.05, 0.1) is 0 Å². The lowest BCUT2D eigenvalue weighted by Crippen LogP contribution is -1.91. The molecule has 0 saturated heterocycles. The topological polar surface area (TPSA) is 0 Å². The second-order valence-electron chi connectivity index (χ2n) is 32.0. The van der Waals surface area contributed by atoms with Crippen LogP contribution in [-0.2, 0) is 0 Å². The van der Waals surface area contributed by atoms with Crippen LogP contribution < -0.4 is 0 Å². The smallest absolute Gasteiger partial charge is 0.00261 e. The zero-order valence-corrected chi connectivity index (χ0v) is 65.9. The van der Waals surface area contributed by atoms with Gasteiger partial charge in [-0.2, -0.15) is 0 Å². The van der Waals surface area contributed by atoms with E-state index in [4.69, 9.17) is 0 Å². The molecule has 0 radical (unpaired) electrons. The SMILES string of the molecule is c1ccc(-c2cc(-c3ccccc3)cc(-c3ccc4ccc(-c5c6ccccc6c(-c6ccc7c8ccccc8c8ccccc8c7c6)c6ccccc56)cc4c3)c2)cc1.c1ccc(-c2ccc(-c3ccc(-c4ccc5ccc(-c6c7ccccc7c(-c7ccc8c9ccccc9c9ccccc9c8c7)c7ccccc67)cc5c4)cc3)cc2)cc1. The van der Waals surface area contributed by atoms with Gasteiger partial charge in [-0.15, -0.1) is 0 Å². The number of hydrogen-bond donors (Lipinski definition) is 0. The van der Waals surface area contributed by atoms with Gasteiger partial charge in [0.2, 0.25) is 0 Å². The summed E-state index contributed by atoms with van der Waals surface area (Å²) in [6, 6.07) is 170. The molecule has 0 unspecified atom stereocenters. The maximum absolute atomic E-state index is 2.44. The van der Waals surface area contributed by atoms with Gasteiger partial charge in [-0.3, -0.25) is 0 Å². The Morgan fingerprint density at radius 2 is 0.242 bits per heavy atom. The second-order valence-corrected chi connectivity index (χ2v) is 32.0. The lowest BCUT2D eigenvalue weighted by atomic mass is 9.84. The maximum atomic E-state index is 2.44. The van der Waals surface area contributed by atoms with Crippen LogP contribution in [0.2, 0.25) is 0 Å². The van der Waals surface area contributed by atoms with Gasteiger partial charge in [0, 0.05) is 0 Å². The van der Waals surface area contributed by atoms with E-state index in [1.807, 2.05) is 0 Å². The molecule has 0 heterocycles. The molecule has 0 atom stereocenters. The van der Waals surface area contributed by atoms with Crippen molar-refractivity contribution in [2.45, 2.75) is 0 Å². The zero-order valence-electron chi connectivity index (χ0n) is 65.9. The zero-order chi connectivity index (χ0) is 79.1. The van der Waals surface area contributed by atoms with Gasteiger partial charge in [0.25, 0.3) is 0 Å². The molecular formula is C120H76. The van der Waals surface area contributed by atoms with Crippen LogP contribution in [0.15, 0.2) is 461 Å². The number of benzene rings is 24. The Kier molecular flexibility index (Phi) is 17.1. The van der Waals surface area contributed by atoms with E-state index in [0.717, 1.165) is 0 Å². The largest absolute Gasteiger partial charge is 0.0622 e. The van der Waals surface area contributed by atoms with Crippen molar-refractivity contribution in [3.63, 3.8) is 0 Å². The van der Waals surface area contributed by atoms with Gasteiger partial charge in [-0.25, -0.2) is 0 Å². The Morgan fingerprint density at radius 1 is 0.0750 bits per heavy atom. The maximum Gasteiger partial charge on any atom is -0.00261 e. The third kappa shape index (κ3) is 12.1. The summed E-state index contributed by atoms with van der Waals surface area (Å²) in [6.07, 6.45) is 0. The first-order valence-electron chi connectivity index (χ1n) is 41.7. The summed E-state index contributed by atoms with van der Waals surface area (Å²) >= 11 is 0. The average molecular weight is 1520 g/mol. The van der Waals surface area contributed by atoms with Gasteiger partial charge in [0.1, 0.15) is 0 Å². The molecule has 0 saturated carbocycles. The molecule has 0 aromatic heterocycles. The molecule has 0 nitrogen and oxygen atoms in total. The van der Waals surface area contributed by atoms with E-state index in [0.29, 0.717) is 0 Å². The number of rotatable bonds is 10. The van der Waals surface area contributed by atoms with Crippen LogP contribution in [0.3, 0.4) is 0 Å². The summed E-state index contributed by atoms with van der Waals surface area (Å²) in [5.41, 5.74) is 24.6. The Labute approximate surface area is 696 Å². The van der Waals surface area contributed by atoms with Crippen LogP contribution >= 0.6 is 0 Å². The first-order chi connectivity index (χ1) is 59.5. The average Bonchev–Trinajstić information content (AvgIpc) is 0.726. The van der Waals surface area contributed by atoms with Crippen molar-refractivity contribution in [2.24, 2.45) is 0 Å². The molecule has 24 aromatic rings. The minimum absolute atomic E-state index is 1.20. The van der Waals surface area contributed by atoms with Gasteiger partial charge >= 0.3 is 0 Å². The van der Waals surface area contributed by atoms with Crippen LogP contribution in [0.4, 0.5) is 0 Å². The van der Waals surface area contributed by atoms with Gasteiger partial charge in [0.15, 0.2) is 0 Å². The molecule has 0 aliphatic rings. The van der Waals surface area contributed by atoms with E-state index < -0.39 is 0 Å². The highest BCUT2D eigenvalue weighted by Crippen LogP contribution is 2.50. The van der Waals surface area contributed by atoms with Gasteiger partial charge < -0.3 is 0 Å². The van der Waals surface area contributed by atoms with E-state index >= 15 is 0 Å². The van der Waals surface area contributed by atoms with Crippen molar-refractivity contribution >= 4 is 129 Å². The number of fused-ring (bicyclic) bond motifs is 18. The highest BCUT2D eigenvalue weighted by Gasteiger charge is 2.22. The van der Waals surface area contributed by atoms with Crippen LogP contribution in [0.5, 0.6) is 0 Å². The van der Waals surface area contributed by atoms with Gasteiger partial charge in [-0.1, -0.05) is 406 Å². The first kappa shape index (κ1) is 69.9. The van der Waals surface area contributed by atoms with E-state index in [-0.39, 0.29) is 0 Å². The fraction of sp³-hybridized carbons (Fsp3) is 0. The summed E-state index contributed by atoms with van der Waals surface area (Å²) in [4.78, 5) is 0. The Bertz CT molecular complexity index is 7980. The fourth-order valence-corrected chi connectivity index (χ4v) is 19.5. The molecule has 24 rings (SSSR count). The minimum Gasteiger partial charge on any atom is -0.0622 e. The summed E-state index contributed by atoms with van der Waals surface area (Å²) in [5, 5.41) is 30.5. The molecule has 120 heavy (non-hydrogen) atoms. The summed E-state index contributed by atoms with van der Waals surface area (Å²) in [6.45, 7) is 0. The molecule has 0 heteroatoms. The molecule has 24 aromatic carbocycles. The Morgan fingerprint density at radius 3 is 0.525 bits per heavy atom.